The van der Waals surface area contributed by atoms with Gasteiger partial charge in [-0.15, -0.1) is 11.3 Å². The number of nitrogens with one attached hydrogen (secondary N) is 1. The number of hydrogen-bond donors (Lipinski definition) is 1. The summed E-state index contributed by atoms with van der Waals surface area (Å²) in [6, 6.07) is 13.8. The Morgan fingerprint density at radius 2 is 1.94 bits per heavy atom. The van der Waals surface area contributed by atoms with E-state index in [0.717, 1.165) is 6.26 Å². The number of nitrogens with zero attached hydrogens (tertiary/aromatic N) is 2. The number of rotatable bonds is 5. The molecule has 0 unspecified atom stereocenters. The number of sulfonamides is 1. The fourth-order valence-corrected chi connectivity index (χ4v) is 4.89. The second-order valence-electron chi connectivity index (χ2n) is 6.98. The Hall–Kier alpha value is -2.75. The zero-order valence-corrected chi connectivity index (χ0v) is 18.6. The lowest BCUT2D eigenvalue weighted by Crippen LogP contribution is -2.27. The predicted molar refractivity (Wildman–Crippen MR) is 121 cm³/mol. The minimum absolute atomic E-state index is 0.211. The van der Waals surface area contributed by atoms with Gasteiger partial charge >= 0.3 is 0 Å². The normalized spacial score (nSPS) is 16.3. The molecule has 6 nitrogen and oxygen atoms in total. The molecule has 0 bridgehead atoms. The first kappa shape index (κ1) is 21.5. The molecule has 3 aromatic rings. The van der Waals surface area contributed by atoms with Gasteiger partial charge < -0.3 is 0 Å². The van der Waals surface area contributed by atoms with Crippen LogP contribution in [0.15, 0.2) is 65.1 Å². The van der Waals surface area contributed by atoms with Crippen molar-refractivity contribution in [2.24, 2.45) is 5.10 Å². The van der Waals surface area contributed by atoms with E-state index >= 15 is 0 Å². The van der Waals surface area contributed by atoms with Crippen LogP contribution in [0.4, 0.5) is 10.1 Å². The van der Waals surface area contributed by atoms with Gasteiger partial charge in [-0.2, -0.15) is 5.10 Å². The van der Waals surface area contributed by atoms with Crippen LogP contribution in [0, 0.1) is 5.82 Å². The quantitative estimate of drug-likeness (QED) is 0.567. The number of benzene rings is 2. The van der Waals surface area contributed by atoms with E-state index < -0.39 is 21.9 Å². The molecule has 2 aromatic carbocycles. The second-order valence-corrected chi connectivity index (χ2v) is 10.1. The van der Waals surface area contributed by atoms with Gasteiger partial charge in [0, 0.05) is 22.7 Å². The highest BCUT2D eigenvalue weighted by Gasteiger charge is 2.36. The molecule has 1 aliphatic rings. The number of halogens is 2. The molecule has 1 aliphatic heterocycles. The van der Waals surface area contributed by atoms with Crippen molar-refractivity contribution in [3.05, 3.63) is 86.8 Å². The topological polar surface area (TPSA) is 78.8 Å². The summed E-state index contributed by atoms with van der Waals surface area (Å²) in [6.45, 7) is 0. The van der Waals surface area contributed by atoms with Crippen molar-refractivity contribution >= 4 is 50.3 Å². The third-order valence-electron chi connectivity index (χ3n) is 4.70. The summed E-state index contributed by atoms with van der Waals surface area (Å²) in [6.07, 6.45) is 1.33. The highest BCUT2D eigenvalue weighted by atomic mass is 35.5. The average Bonchev–Trinajstić information content (AvgIpc) is 3.37. The van der Waals surface area contributed by atoms with Gasteiger partial charge in [0.1, 0.15) is 5.82 Å². The summed E-state index contributed by atoms with van der Waals surface area (Å²) >= 11 is 7.56. The van der Waals surface area contributed by atoms with Crippen LogP contribution >= 0.6 is 22.9 Å². The lowest BCUT2D eigenvalue weighted by Gasteiger charge is -2.22. The van der Waals surface area contributed by atoms with Crippen LogP contribution in [-0.4, -0.2) is 31.3 Å². The number of carbonyl (C=O) groups excluding carboxylic acids is 1. The van der Waals surface area contributed by atoms with E-state index in [0.29, 0.717) is 21.8 Å². The summed E-state index contributed by atoms with van der Waals surface area (Å²) < 4.78 is 39.9. The Morgan fingerprint density at radius 1 is 1.19 bits per heavy atom. The average molecular weight is 478 g/mol. The number of amides is 1. The van der Waals surface area contributed by atoms with Gasteiger partial charge in [-0.05, 0) is 41.3 Å². The van der Waals surface area contributed by atoms with Crippen LogP contribution in [-0.2, 0) is 10.0 Å². The number of carbonyl (C=O) groups is 1. The fraction of sp³-hybridized carbons (Fsp3) is 0.143. The monoisotopic (exact) mass is 477 g/mol. The molecule has 4 rings (SSSR count). The lowest BCUT2D eigenvalue weighted by atomic mass is 9.97. The van der Waals surface area contributed by atoms with Gasteiger partial charge in [0.05, 0.1) is 22.9 Å². The first-order chi connectivity index (χ1) is 14.7. The second kappa shape index (κ2) is 8.41. The van der Waals surface area contributed by atoms with Crippen molar-refractivity contribution in [3.8, 4) is 0 Å². The molecule has 0 saturated heterocycles. The molecular weight excluding hydrogens is 461 g/mol. The first-order valence-corrected chi connectivity index (χ1v) is 12.3. The molecule has 160 valence electrons. The van der Waals surface area contributed by atoms with Gasteiger partial charge in [0.2, 0.25) is 10.0 Å². The lowest BCUT2D eigenvalue weighted by molar-refractivity contribution is 0.0714. The molecule has 2 heterocycles. The number of thiophene rings is 1. The van der Waals surface area contributed by atoms with Gasteiger partial charge in [-0.3, -0.25) is 9.52 Å². The van der Waals surface area contributed by atoms with Gasteiger partial charge in [-0.25, -0.2) is 17.8 Å². The predicted octanol–water partition coefficient (Wildman–Crippen LogP) is 4.90. The van der Waals surface area contributed by atoms with Gasteiger partial charge in [-0.1, -0.05) is 35.9 Å². The molecule has 0 spiro atoms. The van der Waals surface area contributed by atoms with Gasteiger partial charge in [0.15, 0.2) is 0 Å². The van der Waals surface area contributed by atoms with E-state index in [4.69, 9.17) is 11.6 Å². The minimum atomic E-state index is -3.40. The van der Waals surface area contributed by atoms with Crippen molar-refractivity contribution in [2.45, 2.75) is 12.5 Å². The molecule has 0 radical (unpaired) electrons. The minimum Gasteiger partial charge on any atom is -0.284 e. The van der Waals surface area contributed by atoms with E-state index in [1.807, 2.05) is 0 Å². The number of hydrazone groups is 1. The Kier molecular flexibility index (Phi) is 5.83. The van der Waals surface area contributed by atoms with Crippen LogP contribution in [0.1, 0.15) is 33.3 Å². The molecule has 1 aromatic heterocycles. The molecule has 1 amide bonds. The molecule has 1 N–H and O–H groups in total. The van der Waals surface area contributed by atoms with Crippen LogP contribution in [0.3, 0.4) is 0 Å². The van der Waals surface area contributed by atoms with E-state index in [1.165, 1.54) is 28.5 Å². The van der Waals surface area contributed by atoms with E-state index in [1.54, 1.807) is 47.8 Å². The maximum Gasteiger partial charge on any atom is 0.284 e. The van der Waals surface area contributed by atoms with Crippen LogP contribution in [0.5, 0.6) is 0 Å². The van der Waals surface area contributed by atoms with Crippen molar-refractivity contribution in [1.29, 1.82) is 0 Å². The summed E-state index contributed by atoms with van der Waals surface area (Å²) in [5.74, 6) is -0.852. The summed E-state index contributed by atoms with van der Waals surface area (Å²) in [5.41, 5.74) is 1.88. The number of hydrogen-bond acceptors (Lipinski definition) is 5. The molecule has 0 saturated carbocycles. The van der Waals surface area contributed by atoms with E-state index in [-0.39, 0.29) is 22.9 Å². The Labute approximate surface area is 188 Å². The molecular formula is C21H17ClFN3O3S2. The molecule has 1 atom stereocenters. The fourth-order valence-electron chi connectivity index (χ4n) is 3.38. The van der Waals surface area contributed by atoms with Crippen LogP contribution < -0.4 is 4.72 Å². The molecule has 31 heavy (non-hydrogen) atoms. The maximum atomic E-state index is 14.7. The molecule has 0 fully saturated rings. The number of anilines is 1. The largest absolute Gasteiger partial charge is 0.284 e. The third kappa shape index (κ3) is 4.63. The summed E-state index contributed by atoms with van der Waals surface area (Å²) in [4.78, 5) is 13.6. The highest BCUT2D eigenvalue weighted by Crippen LogP contribution is 2.39. The maximum absolute atomic E-state index is 14.7. The Balaban J connectivity index is 1.71. The van der Waals surface area contributed by atoms with E-state index in [9.17, 15) is 17.6 Å². The van der Waals surface area contributed by atoms with E-state index in [2.05, 4.69) is 9.82 Å². The first-order valence-electron chi connectivity index (χ1n) is 9.19. The summed E-state index contributed by atoms with van der Waals surface area (Å²) in [7, 11) is -3.40. The Morgan fingerprint density at radius 3 is 2.55 bits per heavy atom. The third-order valence-corrected chi connectivity index (χ3v) is 6.50. The van der Waals surface area contributed by atoms with Crippen molar-refractivity contribution < 1.29 is 17.6 Å². The Bertz CT molecular complexity index is 1240. The van der Waals surface area contributed by atoms with Crippen molar-refractivity contribution in [3.63, 3.8) is 0 Å². The smallest absolute Gasteiger partial charge is 0.284 e. The molecule has 10 heteroatoms. The highest BCUT2D eigenvalue weighted by molar-refractivity contribution is 7.92. The SMILES string of the molecule is CS(=O)(=O)Nc1ccc(C2=NN(C(=O)c3cccs3)[C@H](c3c(F)cccc3Cl)C2)cc1. The van der Waals surface area contributed by atoms with Crippen LogP contribution in [0.2, 0.25) is 5.02 Å². The zero-order valence-electron chi connectivity index (χ0n) is 16.2. The molecule has 0 aliphatic carbocycles. The van der Waals surface area contributed by atoms with Crippen LogP contribution in [0.25, 0.3) is 0 Å². The van der Waals surface area contributed by atoms with Crippen molar-refractivity contribution in [1.82, 2.24) is 5.01 Å². The van der Waals surface area contributed by atoms with Crippen molar-refractivity contribution in [2.75, 3.05) is 11.0 Å². The van der Waals surface area contributed by atoms with Gasteiger partial charge in [0.25, 0.3) is 5.91 Å². The summed E-state index contributed by atoms with van der Waals surface area (Å²) in [5, 5.41) is 7.78. The standard InChI is InChI=1S/C21H17ClFN3O3S2/c1-31(28,29)25-14-9-7-13(8-10-14)17-12-18(20-15(22)4-2-5-16(20)23)26(24-17)21(27)19-6-3-11-30-19/h2-11,18,25H,12H2,1H3/t18-/m0/s1. The zero-order chi connectivity index (χ0) is 22.2.